The van der Waals surface area contributed by atoms with Crippen molar-refractivity contribution in [2.75, 3.05) is 16.4 Å². The van der Waals surface area contributed by atoms with E-state index in [9.17, 15) is 9.59 Å². The topological polar surface area (TPSA) is 84.0 Å². The minimum absolute atomic E-state index is 0.101. The van der Waals surface area contributed by atoms with Crippen molar-refractivity contribution in [1.29, 1.82) is 0 Å². The van der Waals surface area contributed by atoms with Crippen molar-refractivity contribution < 1.29 is 9.59 Å². The number of nitrogens with one attached hydrogen (secondary N) is 2. The minimum atomic E-state index is -0.127. The van der Waals surface area contributed by atoms with Crippen molar-refractivity contribution in [1.82, 2.24) is 10.2 Å². The van der Waals surface area contributed by atoms with Gasteiger partial charge in [-0.1, -0.05) is 47.4 Å². The third-order valence-corrected chi connectivity index (χ3v) is 6.49. The van der Waals surface area contributed by atoms with Crippen molar-refractivity contribution in [3.05, 3.63) is 51.7 Å². The molecule has 0 aliphatic carbocycles. The molecule has 0 aliphatic rings. The van der Waals surface area contributed by atoms with Gasteiger partial charge in [-0.05, 0) is 36.4 Å². The van der Waals surface area contributed by atoms with Gasteiger partial charge in [-0.25, -0.2) is 0 Å². The number of thioether (sulfide) groups is 1. The van der Waals surface area contributed by atoms with E-state index in [1.165, 1.54) is 34.4 Å². The van der Waals surface area contributed by atoms with E-state index in [0.29, 0.717) is 15.9 Å². The van der Waals surface area contributed by atoms with E-state index in [-0.39, 0.29) is 17.6 Å². The first-order chi connectivity index (χ1) is 13.0. The molecule has 27 heavy (non-hydrogen) atoms. The highest BCUT2D eigenvalue weighted by atomic mass is 32.2. The Hall–Kier alpha value is -2.23. The summed E-state index contributed by atoms with van der Waals surface area (Å²) in [4.78, 5) is 25.2. The molecule has 0 radical (unpaired) electrons. The molecule has 2 N–H and O–H groups in total. The van der Waals surface area contributed by atoms with Crippen LogP contribution >= 0.6 is 34.4 Å². The fourth-order valence-electron chi connectivity index (χ4n) is 2.37. The van der Waals surface area contributed by atoms with Crippen LogP contribution in [-0.4, -0.2) is 27.8 Å². The Bertz CT molecular complexity index is 918. The maximum atomic E-state index is 12.2. The maximum absolute atomic E-state index is 12.2. The molecule has 0 saturated carbocycles. The predicted molar refractivity (Wildman–Crippen MR) is 112 cm³/mol. The maximum Gasteiger partial charge on any atom is 0.234 e. The largest absolute Gasteiger partial charge is 0.325 e. The molecule has 0 spiro atoms. The molecule has 2 aromatic heterocycles. The highest BCUT2D eigenvalue weighted by Gasteiger charge is 2.12. The lowest BCUT2D eigenvalue weighted by Crippen LogP contribution is -2.15. The van der Waals surface area contributed by atoms with Crippen LogP contribution in [0.3, 0.4) is 0 Å². The molecule has 0 saturated heterocycles. The van der Waals surface area contributed by atoms with Crippen molar-refractivity contribution >= 4 is 57.1 Å². The number of benzene rings is 1. The average Bonchev–Trinajstić information content (AvgIpc) is 3.28. The third kappa shape index (κ3) is 5.62. The van der Waals surface area contributed by atoms with Crippen LogP contribution in [0.5, 0.6) is 0 Å². The summed E-state index contributed by atoms with van der Waals surface area (Å²) in [5.41, 5.74) is 2.90. The molecule has 0 fully saturated rings. The van der Waals surface area contributed by atoms with Gasteiger partial charge in [0.05, 0.1) is 12.2 Å². The molecule has 1 aromatic carbocycles. The van der Waals surface area contributed by atoms with E-state index in [1.54, 1.807) is 0 Å². The van der Waals surface area contributed by atoms with E-state index < -0.39 is 0 Å². The Morgan fingerprint density at radius 3 is 2.52 bits per heavy atom. The fourth-order valence-corrected chi connectivity index (χ4v) is 4.64. The monoisotopic (exact) mass is 418 g/mol. The molecular formula is C18H18N4O2S3. The first kappa shape index (κ1) is 19.5. The average molecular weight is 419 g/mol. The zero-order valence-electron chi connectivity index (χ0n) is 14.8. The van der Waals surface area contributed by atoms with Crippen molar-refractivity contribution in [2.45, 2.75) is 24.6 Å². The van der Waals surface area contributed by atoms with Gasteiger partial charge in [0, 0.05) is 10.6 Å². The summed E-state index contributed by atoms with van der Waals surface area (Å²) in [6.07, 6.45) is 0.317. The SMILES string of the molecule is Cc1cccc(C)c1NC(=O)CSc1nnc(NC(=O)Cc2cccs2)s1. The number of carbonyl (C=O) groups is 2. The quantitative estimate of drug-likeness (QED) is 0.445. The number of anilines is 2. The normalized spacial score (nSPS) is 10.6. The highest BCUT2D eigenvalue weighted by Crippen LogP contribution is 2.26. The van der Waals surface area contributed by atoms with Crippen LogP contribution in [0.4, 0.5) is 10.8 Å². The number of hydrogen-bond donors (Lipinski definition) is 2. The molecule has 9 heteroatoms. The number of hydrogen-bond acceptors (Lipinski definition) is 7. The molecule has 3 rings (SSSR count). The van der Waals surface area contributed by atoms with Crippen LogP contribution in [0.2, 0.25) is 0 Å². The predicted octanol–water partition coefficient (Wildman–Crippen LogP) is 4.13. The number of para-hydroxylation sites is 1. The number of aryl methyl sites for hydroxylation is 2. The second-order valence-corrected chi connectivity index (χ2v) is 9.01. The number of amides is 2. The van der Waals surface area contributed by atoms with Gasteiger partial charge in [0.15, 0.2) is 4.34 Å². The Morgan fingerprint density at radius 1 is 1.04 bits per heavy atom. The van der Waals surface area contributed by atoms with Gasteiger partial charge < -0.3 is 10.6 Å². The number of rotatable bonds is 7. The van der Waals surface area contributed by atoms with Gasteiger partial charge in [0.1, 0.15) is 0 Å². The van der Waals surface area contributed by atoms with Crippen LogP contribution in [0, 0.1) is 13.8 Å². The molecule has 0 aliphatic heterocycles. The number of carbonyl (C=O) groups excluding carboxylic acids is 2. The van der Waals surface area contributed by atoms with Gasteiger partial charge in [0.25, 0.3) is 0 Å². The van der Waals surface area contributed by atoms with E-state index in [0.717, 1.165) is 21.7 Å². The lowest BCUT2D eigenvalue weighted by Gasteiger charge is -2.10. The van der Waals surface area contributed by atoms with Gasteiger partial charge in [-0.3, -0.25) is 9.59 Å². The van der Waals surface area contributed by atoms with Gasteiger partial charge in [-0.2, -0.15) is 0 Å². The fraction of sp³-hybridized carbons (Fsp3) is 0.222. The summed E-state index contributed by atoms with van der Waals surface area (Å²) in [5.74, 6) is -0.000234. The summed E-state index contributed by atoms with van der Waals surface area (Å²) < 4.78 is 0.637. The molecule has 2 amide bonds. The molecule has 0 bridgehead atoms. The molecule has 0 atom stereocenters. The van der Waals surface area contributed by atoms with E-state index in [1.807, 2.05) is 49.6 Å². The molecule has 140 valence electrons. The van der Waals surface area contributed by atoms with Gasteiger partial charge in [-0.15, -0.1) is 21.5 Å². The van der Waals surface area contributed by atoms with Crippen LogP contribution in [0.25, 0.3) is 0 Å². The zero-order chi connectivity index (χ0) is 19.2. The second kappa shape index (κ2) is 9.12. The van der Waals surface area contributed by atoms with E-state index in [4.69, 9.17) is 0 Å². The van der Waals surface area contributed by atoms with Crippen molar-refractivity contribution in [3.63, 3.8) is 0 Å². The molecule has 3 aromatic rings. The zero-order valence-corrected chi connectivity index (χ0v) is 17.3. The second-order valence-electron chi connectivity index (χ2n) is 5.78. The third-order valence-electron chi connectivity index (χ3n) is 3.64. The Morgan fingerprint density at radius 2 is 1.81 bits per heavy atom. The van der Waals surface area contributed by atoms with Crippen molar-refractivity contribution in [3.8, 4) is 0 Å². The molecule has 6 nitrogen and oxygen atoms in total. The Labute approximate surface area is 169 Å². The first-order valence-corrected chi connectivity index (χ1v) is 10.8. The molecule has 2 heterocycles. The van der Waals surface area contributed by atoms with Crippen LogP contribution < -0.4 is 10.6 Å². The Kier molecular flexibility index (Phi) is 6.59. The minimum Gasteiger partial charge on any atom is -0.325 e. The van der Waals surface area contributed by atoms with Crippen LogP contribution in [-0.2, 0) is 16.0 Å². The highest BCUT2D eigenvalue weighted by molar-refractivity contribution is 8.01. The number of thiophene rings is 1. The lowest BCUT2D eigenvalue weighted by atomic mass is 10.1. The van der Waals surface area contributed by atoms with Crippen molar-refractivity contribution in [2.24, 2.45) is 0 Å². The lowest BCUT2D eigenvalue weighted by molar-refractivity contribution is -0.115. The van der Waals surface area contributed by atoms with E-state index in [2.05, 4.69) is 20.8 Å². The van der Waals surface area contributed by atoms with Crippen LogP contribution in [0.15, 0.2) is 40.1 Å². The smallest absolute Gasteiger partial charge is 0.234 e. The molecular weight excluding hydrogens is 400 g/mol. The van der Waals surface area contributed by atoms with Gasteiger partial charge >= 0.3 is 0 Å². The summed E-state index contributed by atoms with van der Waals surface area (Å²) in [5, 5.41) is 16.0. The summed E-state index contributed by atoms with van der Waals surface area (Å²) in [6, 6.07) is 9.72. The van der Waals surface area contributed by atoms with E-state index >= 15 is 0 Å². The van der Waals surface area contributed by atoms with Crippen LogP contribution in [0.1, 0.15) is 16.0 Å². The summed E-state index contributed by atoms with van der Waals surface area (Å²) in [7, 11) is 0. The van der Waals surface area contributed by atoms with Gasteiger partial charge in [0.2, 0.25) is 16.9 Å². The molecule has 0 unspecified atom stereocenters. The Balaban J connectivity index is 1.49. The number of nitrogens with zero attached hydrogens (tertiary/aromatic N) is 2. The summed E-state index contributed by atoms with van der Waals surface area (Å²) >= 11 is 4.10. The standard InChI is InChI=1S/C18H18N4O2S3/c1-11-5-3-6-12(2)16(11)19-15(24)10-26-18-22-21-17(27-18)20-14(23)9-13-7-4-8-25-13/h3-8H,9-10H2,1-2H3,(H,19,24)(H,20,21,23). The number of aromatic nitrogens is 2. The summed E-state index contributed by atoms with van der Waals surface area (Å²) in [6.45, 7) is 3.93. The first-order valence-electron chi connectivity index (χ1n) is 8.16.